The molecule has 0 aliphatic rings. The van der Waals surface area contributed by atoms with E-state index in [1.165, 1.54) is 12.8 Å². The molecule has 0 aromatic rings. The quantitative estimate of drug-likeness (QED) is 0.598. The Bertz CT molecular complexity index is 131. The van der Waals surface area contributed by atoms with Gasteiger partial charge in [0.15, 0.2) is 0 Å². The Morgan fingerprint density at radius 3 is 2.23 bits per heavy atom. The average Bonchev–Trinajstić information content (AvgIpc) is 2.17. The zero-order valence-electron chi connectivity index (χ0n) is 9.64. The van der Waals surface area contributed by atoms with Gasteiger partial charge in [0.25, 0.3) is 0 Å². The molecule has 0 rings (SSSR count). The maximum atomic E-state index is 3.81. The van der Waals surface area contributed by atoms with Gasteiger partial charge in [-0.2, -0.15) is 0 Å². The highest BCUT2D eigenvalue weighted by Crippen LogP contribution is 2.24. The van der Waals surface area contributed by atoms with Crippen molar-refractivity contribution in [3.63, 3.8) is 0 Å². The van der Waals surface area contributed by atoms with Crippen LogP contribution in [0.25, 0.3) is 0 Å². The van der Waals surface area contributed by atoms with E-state index in [9.17, 15) is 0 Å². The lowest BCUT2D eigenvalue weighted by atomic mass is 9.82. The van der Waals surface area contributed by atoms with Gasteiger partial charge < -0.3 is 5.32 Å². The van der Waals surface area contributed by atoms with E-state index in [0.717, 1.165) is 18.3 Å². The molecule has 0 bridgehead atoms. The third kappa shape index (κ3) is 3.95. The Morgan fingerprint density at radius 2 is 1.92 bits per heavy atom. The molecule has 1 heteroatoms. The standard InChI is InChI=1S/C12H25N/c1-6-9-12(13-5)11(8-3)10(4)7-2/h6,10-13H,1,7-9H2,2-5H3/t10-,11-,12-/m1/s1. The first kappa shape index (κ1) is 12.7. The van der Waals surface area contributed by atoms with Crippen LogP contribution in [0.3, 0.4) is 0 Å². The van der Waals surface area contributed by atoms with Crippen molar-refractivity contribution in [3.8, 4) is 0 Å². The molecule has 78 valence electrons. The summed E-state index contributed by atoms with van der Waals surface area (Å²) < 4.78 is 0. The Morgan fingerprint density at radius 1 is 1.31 bits per heavy atom. The summed E-state index contributed by atoms with van der Waals surface area (Å²) in [6.07, 6.45) is 5.63. The van der Waals surface area contributed by atoms with E-state index in [0.29, 0.717) is 6.04 Å². The van der Waals surface area contributed by atoms with E-state index in [-0.39, 0.29) is 0 Å². The fraction of sp³-hybridized carbons (Fsp3) is 0.833. The van der Waals surface area contributed by atoms with Crippen molar-refractivity contribution < 1.29 is 0 Å². The van der Waals surface area contributed by atoms with Gasteiger partial charge in [-0.3, -0.25) is 0 Å². The zero-order valence-corrected chi connectivity index (χ0v) is 9.64. The van der Waals surface area contributed by atoms with Crippen molar-refractivity contribution >= 4 is 0 Å². The molecule has 1 nitrogen and oxygen atoms in total. The van der Waals surface area contributed by atoms with Crippen LogP contribution in [0, 0.1) is 11.8 Å². The summed E-state index contributed by atoms with van der Waals surface area (Å²) >= 11 is 0. The monoisotopic (exact) mass is 183 g/mol. The molecule has 0 aromatic carbocycles. The first-order chi connectivity index (χ1) is 6.21. The first-order valence-electron chi connectivity index (χ1n) is 5.49. The largest absolute Gasteiger partial charge is 0.316 e. The Balaban J connectivity index is 4.22. The first-order valence-corrected chi connectivity index (χ1v) is 5.49. The van der Waals surface area contributed by atoms with Gasteiger partial charge in [0.2, 0.25) is 0 Å². The summed E-state index contributed by atoms with van der Waals surface area (Å²) in [5.74, 6) is 1.59. The summed E-state index contributed by atoms with van der Waals surface area (Å²) in [4.78, 5) is 0. The van der Waals surface area contributed by atoms with Crippen LogP contribution < -0.4 is 5.32 Å². The molecule has 0 unspecified atom stereocenters. The minimum Gasteiger partial charge on any atom is -0.316 e. The zero-order chi connectivity index (χ0) is 10.3. The number of nitrogens with one attached hydrogen (secondary N) is 1. The Labute approximate surface area is 83.6 Å². The van der Waals surface area contributed by atoms with Gasteiger partial charge in [0, 0.05) is 6.04 Å². The van der Waals surface area contributed by atoms with Crippen molar-refractivity contribution in [2.45, 2.75) is 46.1 Å². The smallest absolute Gasteiger partial charge is 0.0129 e. The molecule has 0 aliphatic heterocycles. The van der Waals surface area contributed by atoms with Crippen molar-refractivity contribution in [1.29, 1.82) is 0 Å². The molecule has 0 fully saturated rings. The summed E-state index contributed by atoms with van der Waals surface area (Å²) in [5, 5.41) is 3.40. The summed E-state index contributed by atoms with van der Waals surface area (Å²) in [5.41, 5.74) is 0. The van der Waals surface area contributed by atoms with Gasteiger partial charge in [0.1, 0.15) is 0 Å². The maximum absolute atomic E-state index is 3.81. The fourth-order valence-corrected chi connectivity index (χ4v) is 2.07. The minimum atomic E-state index is 0.609. The third-order valence-electron chi connectivity index (χ3n) is 3.15. The molecule has 0 radical (unpaired) electrons. The van der Waals surface area contributed by atoms with Gasteiger partial charge in [-0.25, -0.2) is 0 Å². The second-order valence-corrected chi connectivity index (χ2v) is 3.88. The SMILES string of the molecule is C=CC[C@@H](NC)[C@H](CC)[C@H](C)CC. The van der Waals surface area contributed by atoms with E-state index < -0.39 is 0 Å². The van der Waals surface area contributed by atoms with E-state index >= 15 is 0 Å². The third-order valence-corrected chi connectivity index (χ3v) is 3.15. The van der Waals surface area contributed by atoms with E-state index in [1.54, 1.807) is 0 Å². The van der Waals surface area contributed by atoms with Gasteiger partial charge in [-0.1, -0.05) is 39.7 Å². The van der Waals surface area contributed by atoms with Crippen LogP contribution in [0.1, 0.15) is 40.0 Å². The minimum absolute atomic E-state index is 0.609. The highest BCUT2D eigenvalue weighted by molar-refractivity contribution is 4.84. The molecule has 0 aliphatic carbocycles. The van der Waals surface area contributed by atoms with Gasteiger partial charge in [0.05, 0.1) is 0 Å². The van der Waals surface area contributed by atoms with Crippen LogP contribution in [-0.4, -0.2) is 13.1 Å². The number of hydrogen-bond donors (Lipinski definition) is 1. The lowest BCUT2D eigenvalue weighted by molar-refractivity contribution is 0.258. The molecule has 3 atom stereocenters. The summed E-state index contributed by atoms with van der Waals surface area (Å²) in [7, 11) is 2.05. The molecule has 0 amide bonds. The normalized spacial score (nSPS) is 17.8. The topological polar surface area (TPSA) is 12.0 Å². The van der Waals surface area contributed by atoms with Crippen LogP contribution in [0.5, 0.6) is 0 Å². The molecule has 0 aromatic heterocycles. The van der Waals surface area contributed by atoms with Crippen LogP contribution in [0.15, 0.2) is 12.7 Å². The van der Waals surface area contributed by atoms with E-state index in [4.69, 9.17) is 0 Å². The Kier molecular flexibility index (Phi) is 6.97. The fourth-order valence-electron chi connectivity index (χ4n) is 2.07. The van der Waals surface area contributed by atoms with Crippen LogP contribution in [0.4, 0.5) is 0 Å². The molecule has 1 N–H and O–H groups in total. The molecule has 0 saturated carbocycles. The lowest BCUT2D eigenvalue weighted by Gasteiger charge is -2.29. The molecule has 0 saturated heterocycles. The van der Waals surface area contributed by atoms with E-state index in [2.05, 4.69) is 39.7 Å². The van der Waals surface area contributed by atoms with Crippen molar-refractivity contribution in [1.82, 2.24) is 5.32 Å². The number of hydrogen-bond acceptors (Lipinski definition) is 1. The highest BCUT2D eigenvalue weighted by atomic mass is 14.9. The highest BCUT2D eigenvalue weighted by Gasteiger charge is 2.21. The van der Waals surface area contributed by atoms with Gasteiger partial charge in [-0.05, 0) is 25.3 Å². The van der Waals surface area contributed by atoms with Gasteiger partial charge >= 0.3 is 0 Å². The van der Waals surface area contributed by atoms with Crippen LogP contribution in [0.2, 0.25) is 0 Å². The molecule has 13 heavy (non-hydrogen) atoms. The van der Waals surface area contributed by atoms with Crippen LogP contribution >= 0.6 is 0 Å². The second-order valence-electron chi connectivity index (χ2n) is 3.88. The van der Waals surface area contributed by atoms with E-state index in [1.807, 2.05) is 6.08 Å². The molecular formula is C12H25N. The predicted molar refractivity (Wildman–Crippen MR) is 60.9 cm³/mol. The molecule has 0 heterocycles. The van der Waals surface area contributed by atoms with Gasteiger partial charge in [-0.15, -0.1) is 6.58 Å². The number of rotatable bonds is 7. The molecular weight excluding hydrogens is 158 g/mol. The predicted octanol–water partition coefficient (Wildman–Crippen LogP) is 3.22. The maximum Gasteiger partial charge on any atom is 0.0129 e. The second kappa shape index (κ2) is 7.14. The van der Waals surface area contributed by atoms with Crippen molar-refractivity contribution in [2.75, 3.05) is 7.05 Å². The van der Waals surface area contributed by atoms with Crippen molar-refractivity contribution in [3.05, 3.63) is 12.7 Å². The Hall–Kier alpha value is -0.300. The van der Waals surface area contributed by atoms with Crippen molar-refractivity contribution in [2.24, 2.45) is 11.8 Å². The molecule has 0 spiro atoms. The average molecular weight is 183 g/mol. The lowest BCUT2D eigenvalue weighted by Crippen LogP contribution is -2.36. The summed E-state index contributed by atoms with van der Waals surface area (Å²) in [6.45, 7) is 10.7. The summed E-state index contributed by atoms with van der Waals surface area (Å²) in [6, 6.07) is 0.609. The van der Waals surface area contributed by atoms with Crippen LogP contribution in [-0.2, 0) is 0 Å².